The molecule has 0 radical (unpaired) electrons. The van der Waals surface area contributed by atoms with Crippen LogP contribution in [0.1, 0.15) is 30.1 Å². The number of hydrogen-bond acceptors (Lipinski definition) is 4. The highest BCUT2D eigenvalue weighted by atomic mass is 16.7. The van der Waals surface area contributed by atoms with E-state index in [1.165, 1.54) is 0 Å². The largest absolute Gasteiger partial charge is 0.454 e. The topological polar surface area (TPSA) is 56.6 Å². The number of amides is 1. The summed E-state index contributed by atoms with van der Waals surface area (Å²) in [4.78, 5) is 18.9. The average molecular weight is 339 g/mol. The van der Waals surface area contributed by atoms with E-state index < -0.39 is 0 Å². The standard InChI is InChI=1S/C19H21N3O3/c1-21-10-8-20-19(21)15-3-2-9-22(12-15)18(23)7-5-14-4-6-16-17(11-14)25-13-24-16/h4-8,10-11,15H,2-3,9,12-13H2,1H3/b7-5+. The van der Waals surface area contributed by atoms with Crippen molar-refractivity contribution in [3.63, 3.8) is 0 Å². The Bertz CT molecular complexity index is 812. The molecule has 1 fully saturated rings. The zero-order valence-electron chi connectivity index (χ0n) is 14.2. The van der Waals surface area contributed by atoms with E-state index in [0.29, 0.717) is 5.92 Å². The molecule has 3 heterocycles. The van der Waals surface area contributed by atoms with E-state index in [4.69, 9.17) is 9.47 Å². The lowest BCUT2D eigenvalue weighted by molar-refractivity contribution is -0.127. The van der Waals surface area contributed by atoms with Gasteiger partial charge in [0.2, 0.25) is 12.7 Å². The fraction of sp³-hybridized carbons (Fsp3) is 0.368. The normalized spacial score (nSPS) is 19.6. The van der Waals surface area contributed by atoms with Gasteiger partial charge >= 0.3 is 0 Å². The van der Waals surface area contributed by atoms with E-state index in [9.17, 15) is 4.79 Å². The van der Waals surface area contributed by atoms with Gasteiger partial charge in [0.25, 0.3) is 0 Å². The van der Waals surface area contributed by atoms with Gasteiger partial charge < -0.3 is 18.9 Å². The van der Waals surface area contributed by atoms with E-state index in [-0.39, 0.29) is 12.7 Å². The van der Waals surface area contributed by atoms with Crippen molar-refractivity contribution in [3.8, 4) is 11.5 Å². The highest BCUT2D eigenvalue weighted by Gasteiger charge is 2.26. The molecular formula is C19H21N3O3. The molecule has 2 aliphatic heterocycles. The molecule has 25 heavy (non-hydrogen) atoms. The van der Waals surface area contributed by atoms with Crippen LogP contribution in [0.2, 0.25) is 0 Å². The van der Waals surface area contributed by atoms with Crippen molar-refractivity contribution in [3.05, 3.63) is 48.1 Å². The van der Waals surface area contributed by atoms with Crippen LogP contribution in [0.15, 0.2) is 36.7 Å². The molecule has 2 aromatic rings. The van der Waals surface area contributed by atoms with Gasteiger partial charge in [-0.3, -0.25) is 4.79 Å². The maximum Gasteiger partial charge on any atom is 0.246 e. The molecule has 0 aliphatic carbocycles. The molecule has 2 aliphatic rings. The zero-order chi connectivity index (χ0) is 17.2. The minimum atomic E-state index is 0.0385. The number of nitrogens with zero attached hydrogens (tertiary/aromatic N) is 3. The number of carbonyl (C=O) groups excluding carboxylic acids is 1. The number of fused-ring (bicyclic) bond motifs is 1. The first-order valence-electron chi connectivity index (χ1n) is 8.54. The summed E-state index contributed by atoms with van der Waals surface area (Å²) < 4.78 is 12.7. The molecule has 1 aromatic carbocycles. The lowest BCUT2D eigenvalue weighted by Gasteiger charge is -2.31. The molecule has 4 rings (SSSR count). The Labute approximate surface area is 146 Å². The van der Waals surface area contributed by atoms with E-state index >= 15 is 0 Å². The Morgan fingerprint density at radius 1 is 1.32 bits per heavy atom. The summed E-state index contributed by atoms with van der Waals surface area (Å²) >= 11 is 0. The zero-order valence-corrected chi connectivity index (χ0v) is 14.2. The highest BCUT2D eigenvalue weighted by molar-refractivity contribution is 5.92. The Hall–Kier alpha value is -2.76. The Morgan fingerprint density at radius 3 is 3.04 bits per heavy atom. The molecule has 0 N–H and O–H groups in total. The van der Waals surface area contributed by atoms with Crippen LogP contribution in [0.4, 0.5) is 0 Å². The molecule has 0 bridgehead atoms. The number of likely N-dealkylation sites (tertiary alicyclic amines) is 1. The molecule has 1 unspecified atom stereocenters. The highest BCUT2D eigenvalue weighted by Crippen LogP contribution is 2.33. The molecule has 1 atom stereocenters. The van der Waals surface area contributed by atoms with Crippen LogP contribution in [0.25, 0.3) is 6.08 Å². The number of imidazole rings is 1. The number of rotatable bonds is 3. The van der Waals surface area contributed by atoms with Crippen LogP contribution in [-0.4, -0.2) is 40.2 Å². The van der Waals surface area contributed by atoms with Gasteiger partial charge in [-0.2, -0.15) is 0 Å². The number of benzene rings is 1. The van der Waals surface area contributed by atoms with Gasteiger partial charge in [-0.15, -0.1) is 0 Å². The van der Waals surface area contributed by atoms with Crippen molar-refractivity contribution in [1.82, 2.24) is 14.5 Å². The third-order valence-electron chi connectivity index (χ3n) is 4.77. The summed E-state index contributed by atoms with van der Waals surface area (Å²) in [7, 11) is 2.00. The molecule has 1 saturated heterocycles. The number of carbonyl (C=O) groups is 1. The fourth-order valence-corrected chi connectivity index (χ4v) is 3.45. The molecular weight excluding hydrogens is 318 g/mol. The van der Waals surface area contributed by atoms with Crippen LogP contribution in [0, 0.1) is 0 Å². The maximum absolute atomic E-state index is 12.6. The second-order valence-corrected chi connectivity index (χ2v) is 6.47. The monoisotopic (exact) mass is 339 g/mol. The van der Waals surface area contributed by atoms with Gasteiger partial charge in [0.05, 0.1) is 0 Å². The van der Waals surface area contributed by atoms with Crippen molar-refractivity contribution in [2.24, 2.45) is 7.05 Å². The van der Waals surface area contributed by atoms with E-state index in [1.807, 2.05) is 53.2 Å². The van der Waals surface area contributed by atoms with Crippen molar-refractivity contribution in [2.45, 2.75) is 18.8 Å². The van der Waals surface area contributed by atoms with Gasteiger partial charge in [0, 0.05) is 44.5 Å². The van der Waals surface area contributed by atoms with Crippen LogP contribution in [-0.2, 0) is 11.8 Å². The molecule has 0 saturated carbocycles. The summed E-state index contributed by atoms with van der Waals surface area (Å²) in [5.41, 5.74) is 0.926. The van der Waals surface area contributed by atoms with E-state index in [0.717, 1.165) is 48.8 Å². The number of ether oxygens (including phenoxy) is 2. The number of hydrogen-bond donors (Lipinski definition) is 0. The number of aromatic nitrogens is 2. The van der Waals surface area contributed by atoms with E-state index in [1.54, 1.807) is 6.08 Å². The predicted molar refractivity (Wildman–Crippen MR) is 93.4 cm³/mol. The first kappa shape index (κ1) is 15.7. The smallest absolute Gasteiger partial charge is 0.246 e. The molecule has 6 heteroatoms. The van der Waals surface area contributed by atoms with Crippen molar-refractivity contribution in [2.75, 3.05) is 19.9 Å². The van der Waals surface area contributed by atoms with Gasteiger partial charge in [-0.1, -0.05) is 6.07 Å². The Balaban J connectivity index is 1.43. The summed E-state index contributed by atoms with van der Waals surface area (Å²) in [5.74, 6) is 2.87. The van der Waals surface area contributed by atoms with Crippen molar-refractivity contribution < 1.29 is 14.3 Å². The van der Waals surface area contributed by atoms with Crippen molar-refractivity contribution >= 4 is 12.0 Å². The SMILES string of the molecule is Cn1ccnc1C1CCCN(C(=O)/C=C/c2ccc3c(c2)OCO3)C1. The second-order valence-electron chi connectivity index (χ2n) is 6.47. The third-order valence-corrected chi connectivity index (χ3v) is 4.77. The van der Waals surface area contributed by atoms with Gasteiger partial charge in [-0.25, -0.2) is 4.98 Å². The summed E-state index contributed by atoms with van der Waals surface area (Å²) in [5, 5.41) is 0. The van der Waals surface area contributed by atoms with Gasteiger partial charge in [-0.05, 0) is 36.6 Å². The summed E-state index contributed by atoms with van der Waals surface area (Å²) in [6.45, 7) is 1.77. The molecule has 0 spiro atoms. The van der Waals surface area contributed by atoms with Crippen LogP contribution in [0.3, 0.4) is 0 Å². The lowest BCUT2D eigenvalue weighted by atomic mass is 9.97. The second kappa shape index (κ2) is 6.63. The summed E-state index contributed by atoms with van der Waals surface area (Å²) in [6.07, 6.45) is 9.31. The van der Waals surface area contributed by atoms with E-state index in [2.05, 4.69) is 4.98 Å². The van der Waals surface area contributed by atoms with Gasteiger partial charge in [0.1, 0.15) is 5.82 Å². The van der Waals surface area contributed by atoms with Crippen molar-refractivity contribution in [1.29, 1.82) is 0 Å². The third kappa shape index (κ3) is 3.24. The first-order valence-corrected chi connectivity index (χ1v) is 8.54. The lowest BCUT2D eigenvalue weighted by Crippen LogP contribution is -2.38. The minimum absolute atomic E-state index is 0.0385. The number of piperidine rings is 1. The maximum atomic E-state index is 12.6. The molecule has 1 amide bonds. The molecule has 130 valence electrons. The Kier molecular flexibility index (Phi) is 4.17. The number of aryl methyl sites for hydroxylation is 1. The quantitative estimate of drug-likeness (QED) is 0.807. The van der Waals surface area contributed by atoms with Crippen LogP contribution >= 0.6 is 0 Å². The fourth-order valence-electron chi connectivity index (χ4n) is 3.45. The molecule has 1 aromatic heterocycles. The predicted octanol–water partition coefficient (Wildman–Crippen LogP) is 2.57. The minimum Gasteiger partial charge on any atom is -0.454 e. The van der Waals surface area contributed by atoms with Crippen LogP contribution < -0.4 is 9.47 Å². The first-order chi connectivity index (χ1) is 12.2. The Morgan fingerprint density at radius 2 is 2.20 bits per heavy atom. The average Bonchev–Trinajstić information content (AvgIpc) is 3.27. The molecule has 6 nitrogen and oxygen atoms in total. The summed E-state index contributed by atoms with van der Waals surface area (Å²) in [6, 6.07) is 5.67. The van der Waals surface area contributed by atoms with Gasteiger partial charge in [0.15, 0.2) is 11.5 Å². The van der Waals surface area contributed by atoms with Crippen LogP contribution in [0.5, 0.6) is 11.5 Å².